The molecule has 0 spiro atoms. The molecule has 0 saturated carbocycles. The van der Waals surface area contributed by atoms with E-state index >= 15 is 0 Å². The largest absolute Gasteiger partial charge is 0.489 e. The number of hydrogen-bond acceptors (Lipinski definition) is 6. The van der Waals surface area contributed by atoms with Crippen molar-refractivity contribution in [3.63, 3.8) is 0 Å². The summed E-state index contributed by atoms with van der Waals surface area (Å²) < 4.78 is 33.4. The number of hydrogen-bond donors (Lipinski definition) is 2. The van der Waals surface area contributed by atoms with E-state index in [2.05, 4.69) is 5.32 Å². The Labute approximate surface area is 186 Å². The van der Waals surface area contributed by atoms with Gasteiger partial charge in [-0.2, -0.15) is 0 Å². The predicted octanol–water partition coefficient (Wildman–Crippen LogP) is 3.10. The van der Waals surface area contributed by atoms with E-state index in [-0.39, 0.29) is 10.5 Å². The summed E-state index contributed by atoms with van der Waals surface area (Å²) in [7, 11) is -3.82. The number of nitrogens with one attached hydrogen (secondary N) is 1. The second kappa shape index (κ2) is 10.1. The van der Waals surface area contributed by atoms with E-state index in [1.165, 1.54) is 31.2 Å². The molecule has 3 aromatic rings. The Bertz CT molecular complexity index is 1180. The standard InChI is InChI=1S/C23H22N2O6S/c1-16(22(26)25-19-9-13-21(14-10-19)32(24,28)29)31-23(27)18-7-11-20(12-8-18)30-15-17-5-3-2-4-6-17/h2-14,16H,15H2,1H3,(H,25,26)(H2,24,28,29)/t16-/m1/s1. The molecule has 0 radical (unpaired) electrons. The molecule has 166 valence electrons. The average Bonchev–Trinajstić information content (AvgIpc) is 2.78. The zero-order valence-electron chi connectivity index (χ0n) is 17.2. The molecule has 0 unspecified atom stereocenters. The molecule has 32 heavy (non-hydrogen) atoms. The molecule has 9 heteroatoms. The lowest BCUT2D eigenvalue weighted by Gasteiger charge is -2.14. The number of amides is 1. The van der Waals surface area contributed by atoms with Crippen LogP contribution in [0.4, 0.5) is 5.69 Å². The van der Waals surface area contributed by atoms with E-state index in [0.717, 1.165) is 5.56 Å². The fourth-order valence-corrected chi connectivity index (χ4v) is 3.20. The minimum absolute atomic E-state index is 0.0776. The Hall–Kier alpha value is -3.69. The molecule has 3 aromatic carbocycles. The molecule has 0 aromatic heterocycles. The SMILES string of the molecule is C[C@@H](OC(=O)c1ccc(OCc2ccccc2)cc1)C(=O)Nc1ccc(S(N)(=O)=O)cc1. The van der Waals surface area contributed by atoms with Crippen LogP contribution >= 0.6 is 0 Å². The van der Waals surface area contributed by atoms with Crippen LogP contribution < -0.4 is 15.2 Å². The lowest BCUT2D eigenvalue weighted by molar-refractivity contribution is -0.123. The van der Waals surface area contributed by atoms with Crippen molar-refractivity contribution in [2.24, 2.45) is 5.14 Å². The maximum Gasteiger partial charge on any atom is 0.338 e. The van der Waals surface area contributed by atoms with Gasteiger partial charge in [0.15, 0.2) is 6.10 Å². The van der Waals surface area contributed by atoms with Gasteiger partial charge in [0.25, 0.3) is 5.91 Å². The maximum atomic E-state index is 12.3. The van der Waals surface area contributed by atoms with Crippen LogP contribution in [0.15, 0.2) is 83.8 Å². The zero-order chi connectivity index (χ0) is 23.1. The third-order valence-electron chi connectivity index (χ3n) is 4.44. The smallest absolute Gasteiger partial charge is 0.338 e. The van der Waals surface area contributed by atoms with Gasteiger partial charge in [0.1, 0.15) is 12.4 Å². The van der Waals surface area contributed by atoms with Crippen molar-refractivity contribution < 1.29 is 27.5 Å². The van der Waals surface area contributed by atoms with Gasteiger partial charge >= 0.3 is 5.97 Å². The Morgan fingerprint density at radius 2 is 1.56 bits per heavy atom. The Kier molecular flexibility index (Phi) is 7.24. The molecule has 3 rings (SSSR count). The number of rotatable bonds is 8. The molecular formula is C23H22N2O6S. The number of ether oxygens (including phenoxy) is 2. The maximum absolute atomic E-state index is 12.3. The van der Waals surface area contributed by atoms with E-state index in [4.69, 9.17) is 14.6 Å². The van der Waals surface area contributed by atoms with Crippen LogP contribution in [0, 0.1) is 0 Å². The number of benzene rings is 3. The number of nitrogens with two attached hydrogens (primary N) is 1. The number of primary sulfonamides is 1. The van der Waals surface area contributed by atoms with Crippen LogP contribution in [-0.4, -0.2) is 26.4 Å². The van der Waals surface area contributed by atoms with Crippen molar-refractivity contribution in [2.45, 2.75) is 24.5 Å². The Morgan fingerprint density at radius 1 is 0.938 bits per heavy atom. The van der Waals surface area contributed by atoms with Gasteiger partial charge in [0.05, 0.1) is 10.5 Å². The highest BCUT2D eigenvalue weighted by Gasteiger charge is 2.19. The first kappa shape index (κ1) is 23.0. The lowest BCUT2D eigenvalue weighted by Crippen LogP contribution is -2.30. The summed E-state index contributed by atoms with van der Waals surface area (Å²) >= 11 is 0. The molecule has 1 amide bonds. The van der Waals surface area contributed by atoms with E-state index in [9.17, 15) is 18.0 Å². The van der Waals surface area contributed by atoms with Gasteiger partial charge in [-0.25, -0.2) is 18.4 Å². The van der Waals surface area contributed by atoms with E-state index in [1.54, 1.807) is 24.3 Å². The second-order valence-corrected chi connectivity index (χ2v) is 8.47. The van der Waals surface area contributed by atoms with Crippen molar-refractivity contribution in [3.05, 3.63) is 90.0 Å². The first-order valence-electron chi connectivity index (χ1n) is 9.64. The first-order valence-corrected chi connectivity index (χ1v) is 11.2. The molecule has 0 aliphatic rings. The molecule has 1 atom stereocenters. The average molecular weight is 455 g/mol. The molecule has 8 nitrogen and oxygen atoms in total. The van der Waals surface area contributed by atoms with Crippen LogP contribution in [0.25, 0.3) is 0 Å². The van der Waals surface area contributed by atoms with Crippen LogP contribution in [-0.2, 0) is 26.2 Å². The first-order chi connectivity index (χ1) is 15.2. The fourth-order valence-electron chi connectivity index (χ4n) is 2.68. The van der Waals surface area contributed by atoms with Gasteiger partial charge < -0.3 is 14.8 Å². The molecule has 0 fully saturated rings. The summed E-state index contributed by atoms with van der Waals surface area (Å²) in [6.07, 6.45) is -1.07. The Balaban J connectivity index is 1.52. The Morgan fingerprint density at radius 3 is 2.16 bits per heavy atom. The summed E-state index contributed by atoms with van der Waals surface area (Å²) in [5, 5.41) is 7.59. The van der Waals surface area contributed by atoms with Crippen molar-refractivity contribution >= 4 is 27.6 Å². The van der Waals surface area contributed by atoms with Crippen LogP contribution in [0.3, 0.4) is 0 Å². The predicted molar refractivity (Wildman–Crippen MR) is 119 cm³/mol. The minimum atomic E-state index is -3.82. The van der Waals surface area contributed by atoms with Gasteiger partial charge in [-0.3, -0.25) is 4.79 Å². The summed E-state index contributed by atoms with van der Waals surface area (Å²) in [6, 6.07) is 21.4. The van der Waals surface area contributed by atoms with E-state index in [0.29, 0.717) is 18.0 Å². The highest BCUT2D eigenvalue weighted by Crippen LogP contribution is 2.16. The topological polar surface area (TPSA) is 125 Å². The van der Waals surface area contributed by atoms with Gasteiger partial charge in [-0.1, -0.05) is 30.3 Å². The van der Waals surface area contributed by atoms with Crippen molar-refractivity contribution in [2.75, 3.05) is 5.32 Å². The summed E-state index contributed by atoms with van der Waals surface area (Å²) in [6.45, 7) is 1.84. The summed E-state index contributed by atoms with van der Waals surface area (Å²) in [4.78, 5) is 24.5. The third kappa shape index (κ3) is 6.40. The lowest BCUT2D eigenvalue weighted by atomic mass is 10.2. The molecule has 0 heterocycles. The van der Waals surface area contributed by atoms with Crippen molar-refractivity contribution in [1.29, 1.82) is 0 Å². The molecule has 0 aliphatic heterocycles. The number of sulfonamides is 1. The highest BCUT2D eigenvalue weighted by molar-refractivity contribution is 7.89. The third-order valence-corrected chi connectivity index (χ3v) is 5.37. The van der Waals surface area contributed by atoms with Gasteiger partial charge in [-0.05, 0) is 61.0 Å². The van der Waals surface area contributed by atoms with Crippen molar-refractivity contribution in [1.82, 2.24) is 0 Å². The second-order valence-electron chi connectivity index (χ2n) is 6.90. The number of carbonyl (C=O) groups is 2. The quantitative estimate of drug-likeness (QED) is 0.504. The number of anilines is 1. The number of esters is 1. The molecule has 0 aliphatic carbocycles. The van der Waals surface area contributed by atoms with Gasteiger partial charge in [-0.15, -0.1) is 0 Å². The summed E-state index contributed by atoms with van der Waals surface area (Å²) in [5.74, 6) is -0.629. The minimum Gasteiger partial charge on any atom is -0.489 e. The van der Waals surface area contributed by atoms with Crippen LogP contribution in [0.5, 0.6) is 5.75 Å². The molecule has 0 saturated heterocycles. The normalized spacial score (nSPS) is 11.9. The summed E-state index contributed by atoms with van der Waals surface area (Å²) in [5.41, 5.74) is 1.63. The van der Waals surface area contributed by atoms with Crippen molar-refractivity contribution in [3.8, 4) is 5.75 Å². The highest BCUT2D eigenvalue weighted by atomic mass is 32.2. The van der Waals surface area contributed by atoms with Gasteiger partial charge in [0.2, 0.25) is 10.0 Å². The van der Waals surface area contributed by atoms with Gasteiger partial charge in [0, 0.05) is 5.69 Å². The fraction of sp³-hybridized carbons (Fsp3) is 0.130. The molecule has 3 N–H and O–H groups in total. The molecular weight excluding hydrogens is 432 g/mol. The monoisotopic (exact) mass is 454 g/mol. The zero-order valence-corrected chi connectivity index (χ0v) is 18.0. The van der Waals surface area contributed by atoms with E-state index in [1.807, 2.05) is 30.3 Å². The van der Waals surface area contributed by atoms with E-state index < -0.39 is 28.0 Å². The molecule has 0 bridgehead atoms. The number of carbonyl (C=O) groups excluding carboxylic acids is 2. The van der Waals surface area contributed by atoms with Crippen LogP contribution in [0.1, 0.15) is 22.8 Å². The van der Waals surface area contributed by atoms with Crippen LogP contribution in [0.2, 0.25) is 0 Å².